The Labute approximate surface area is 111 Å². The van der Waals surface area contributed by atoms with E-state index in [4.69, 9.17) is 0 Å². The van der Waals surface area contributed by atoms with E-state index in [9.17, 15) is 9.18 Å². The Morgan fingerprint density at radius 1 is 1.50 bits per heavy atom. The molecule has 1 heterocycles. The lowest BCUT2D eigenvalue weighted by atomic mass is 10.1. The molecule has 18 heavy (non-hydrogen) atoms. The molecule has 98 valence electrons. The van der Waals surface area contributed by atoms with Gasteiger partial charge in [0.15, 0.2) is 0 Å². The summed E-state index contributed by atoms with van der Waals surface area (Å²) in [5.41, 5.74) is 1.09. The Morgan fingerprint density at radius 2 is 2.33 bits per heavy atom. The molecule has 1 amide bonds. The highest BCUT2D eigenvalue weighted by Crippen LogP contribution is 2.24. The maximum Gasteiger partial charge on any atom is 0.221 e. The Morgan fingerprint density at radius 3 is 3.00 bits per heavy atom. The third kappa shape index (κ3) is 3.63. The minimum Gasteiger partial charge on any atom is -0.379 e. The van der Waals surface area contributed by atoms with Crippen LogP contribution in [0.15, 0.2) is 18.2 Å². The number of halogens is 1. The number of hydrogen-bond acceptors (Lipinski definition) is 3. The van der Waals surface area contributed by atoms with E-state index >= 15 is 0 Å². The van der Waals surface area contributed by atoms with Gasteiger partial charge in [0.2, 0.25) is 5.91 Å². The summed E-state index contributed by atoms with van der Waals surface area (Å²) in [6.45, 7) is 1.44. The average Bonchev–Trinajstić information content (AvgIpc) is 2.34. The summed E-state index contributed by atoms with van der Waals surface area (Å²) in [6, 6.07) is 4.91. The maximum atomic E-state index is 13.7. The molecule has 0 aromatic heterocycles. The van der Waals surface area contributed by atoms with Crippen LogP contribution in [0.3, 0.4) is 0 Å². The molecule has 2 N–H and O–H groups in total. The van der Waals surface area contributed by atoms with Gasteiger partial charge in [0.25, 0.3) is 0 Å². The van der Waals surface area contributed by atoms with Crippen molar-refractivity contribution in [1.29, 1.82) is 0 Å². The minimum atomic E-state index is -0.278. The summed E-state index contributed by atoms with van der Waals surface area (Å²) in [7, 11) is 0. The molecule has 0 bridgehead atoms. The van der Waals surface area contributed by atoms with Gasteiger partial charge < -0.3 is 10.6 Å². The van der Waals surface area contributed by atoms with Crippen molar-refractivity contribution >= 4 is 29.0 Å². The lowest BCUT2D eigenvalue weighted by Crippen LogP contribution is -2.26. The molecule has 1 unspecified atom stereocenters. The number of benzene rings is 1. The highest BCUT2D eigenvalue weighted by atomic mass is 32.2. The Hall–Kier alpha value is -1.23. The van der Waals surface area contributed by atoms with Crippen molar-refractivity contribution in [2.24, 2.45) is 0 Å². The standard InChI is InChI=1S/C13H17FN2OS/c1-9(17)15-10-4-5-12(14)13(7-10)16-11-3-2-6-18-8-11/h4-5,7,11,16H,2-3,6,8H2,1H3,(H,15,17). The fourth-order valence-electron chi connectivity index (χ4n) is 1.99. The molecule has 0 aliphatic carbocycles. The Bertz CT molecular complexity index is 433. The molecule has 2 rings (SSSR count). The highest BCUT2D eigenvalue weighted by molar-refractivity contribution is 7.99. The Kier molecular flexibility index (Phi) is 4.47. The SMILES string of the molecule is CC(=O)Nc1ccc(F)c(NC2CCCSC2)c1. The molecular weight excluding hydrogens is 251 g/mol. The average molecular weight is 268 g/mol. The van der Waals surface area contributed by atoms with Gasteiger partial charge in [0.05, 0.1) is 5.69 Å². The predicted molar refractivity (Wildman–Crippen MR) is 74.7 cm³/mol. The van der Waals surface area contributed by atoms with E-state index in [1.165, 1.54) is 18.7 Å². The molecule has 0 radical (unpaired) electrons. The molecule has 1 aliphatic heterocycles. The van der Waals surface area contributed by atoms with E-state index in [1.807, 2.05) is 11.8 Å². The van der Waals surface area contributed by atoms with Crippen molar-refractivity contribution in [3.8, 4) is 0 Å². The summed E-state index contributed by atoms with van der Waals surface area (Å²) >= 11 is 1.89. The first-order chi connectivity index (χ1) is 8.65. The smallest absolute Gasteiger partial charge is 0.221 e. The van der Waals surface area contributed by atoms with Crippen LogP contribution in [0.25, 0.3) is 0 Å². The fourth-order valence-corrected chi connectivity index (χ4v) is 3.06. The number of carbonyl (C=O) groups is 1. The van der Waals surface area contributed by atoms with Crippen LogP contribution in [0.1, 0.15) is 19.8 Å². The van der Waals surface area contributed by atoms with Crippen LogP contribution in [-0.4, -0.2) is 23.5 Å². The van der Waals surface area contributed by atoms with Gasteiger partial charge in [0, 0.05) is 24.4 Å². The van der Waals surface area contributed by atoms with Crippen molar-refractivity contribution in [3.63, 3.8) is 0 Å². The zero-order chi connectivity index (χ0) is 13.0. The van der Waals surface area contributed by atoms with E-state index in [0.717, 1.165) is 18.6 Å². The summed E-state index contributed by atoms with van der Waals surface area (Å²) in [5.74, 6) is 1.76. The van der Waals surface area contributed by atoms with Gasteiger partial charge >= 0.3 is 0 Å². The first-order valence-electron chi connectivity index (χ1n) is 6.06. The topological polar surface area (TPSA) is 41.1 Å². The van der Waals surface area contributed by atoms with Crippen molar-refractivity contribution < 1.29 is 9.18 Å². The summed E-state index contributed by atoms with van der Waals surface area (Å²) in [4.78, 5) is 11.0. The van der Waals surface area contributed by atoms with Gasteiger partial charge in [-0.3, -0.25) is 4.79 Å². The number of anilines is 2. The quantitative estimate of drug-likeness (QED) is 0.885. The van der Waals surface area contributed by atoms with Gasteiger partial charge in [-0.2, -0.15) is 11.8 Å². The van der Waals surface area contributed by atoms with E-state index in [-0.39, 0.29) is 11.7 Å². The van der Waals surface area contributed by atoms with E-state index < -0.39 is 0 Å². The molecule has 1 aliphatic rings. The zero-order valence-corrected chi connectivity index (χ0v) is 11.1. The lowest BCUT2D eigenvalue weighted by molar-refractivity contribution is -0.114. The van der Waals surface area contributed by atoms with Gasteiger partial charge in [-0.15, -0.1) is 0 Å². The van der Waals surface area contributed by atoms with Crippen LogP contribution in [0.2, 0.25) is 0 Å². The van der Waals surface area contributed by atoms with E-state index in [1.54, 1.807) is 12.1 Å². The number of hydrogen-bond donors (Lipinski definition) is 2. The van der Waals surface area contributed by atoms with Gasteiger partial charge in [-0.05, 0) is 36.8 Å². The van der Waals surface area contributed by atoms with Crippen molar-refractivity contribution in [2.75, 3.05) is 22.1 Å². The van der Waals surface area contributed by atoms with Gasteiger partial charge in [-0.1, -0.05) is 0 Å². The summed E-state index contributed by atoms with van der Waals surface area (Å²) in [5, 5.41) is 5.87. The second-order valence-electron chi connectivity index (χ2n) is 4.43. The number of carbonyl (C=O) groups excluding carboxylic acids is 1. The second kappa shape index (κ2) is 6.09. The van der Waals surface area contributed by atoms with Crippen LogP contribution in [-0.2, 0) is 4.79 Å². The van der Waals surface area contributed by atoms with Crippen LogP contribution >= 0.6 is 11.8 Å². The molecule has 5 heteroatoms. The lowest BCUT2D eigenvalue weighted by Gasteiger charge is -2.24. The molecule has 1 atom stereocenters. The molecule has 1 aromatic rings. The predicted octanol–water partition coefficient (Wildman–Crippen LogP) is 3.09. The normalized spacial score (nSPS) is 19.3. The van der Waals surface area contributed by atoms with Gasteiger partial charge in [0.1, 0.15) is 5.82 Å². The molecular formula is C13H17FN2OS. The van der Waals surface area contributed by atoms with Crippen molar-refractivity contribution in [3.05, 3.63) is 24.0 Å². The first-order valence-corrected chi connectivity index (χ1v) is 7.22. The largest absolute Gasteiger partial charge is 0.379 e. The fraction of sp³-hybridized carbons (Fsp3) is 0.462. The molecule has 1 saturated heterocycles. The molecule has 0 saturated carbocycles. The van der Waals surface area contributed by atoms with Crippen LogP contribution in [0.5, 0.6) is 0 Å². The molecule has 0 spiro atoms. The Balaban J connectivity index is 2.07. The molecule has 1 aromatic carbocycles. The number of amides is 1. The maximum absolute atomic E-state index is 13.7. The van der Waals surface area contributed by atoms with E-state index in [2.05, 4.69) is 10.6 Å². The number of rotatable bonds is 3. The number of thioether (sulfide) groups is 1. The molecule has 1 fully saturated rings. The van der Waals surface area contributed by atoms with Crippen molar-refractivity contribution in [1.82, 2.24) is 0 Å². The number of nitrogens with one attached hydrogen (secondary N) is 2. The molecule has 3 nitrogen and oxygen atoms in total. The monoisotopic (exact) mass is 268 g/mol. The van der Waals surface area contributed by atoms with Crippen LogP contribution in [0, 0.1) is 5.82 Å². The first kappa shape index (κ1) is 13.2. The summed E-state index contributed by atoms with van der Waals surface area (Å²) in [6.07, 6.45) is 2.23. The van der Waals surface area contributed by atoms with Crippen LogP contribution < -0.4 is 10.6 Å². The second-order valence-corrected chi connectivity index (χ2v) is 5.58. The highest BCUT2D eigenvalue weighted by Gasteiger charge is 2.15. The zero-order valence-electron chi connectivity index (χ0n) is 10.3. The third-order valence-electron chi connectivity index (χ3n) is 2.81. The van der Waals surface area contributed by atoms with Gasteiger partial charge in [-0.25, -0.2) is 4.39 Å². The summed E-state index contributed by atoms with van der Waals surface area (Å²) < 4.78 is 13.7. The van der Waals surface area contributed by atoms with Crippen LogP contribution in [0.4, 0.5) is 15.8 Å². The van der Waals surface area contributed by atoms with E-state index in [0.29, 0.717) is 17.4 Å². The van der Waals surface area contributed by atoms with Crippen molar-refractivity contribution in [2.45, 2.75) is 25.8 Å². The third-order valence-corrected chi connectivity index (χ3v) is 4.02. The minimum absolute atomic E-state index is 0.152.